The van der Waals surface area contributed by atoms with E-state index in [1.807, 2.05) is 0 Å². The minimum Gasteiger partial charge on any atom is -0.496 e. The molecule has 0 aliphatic carbocycles. The number of amides is 2. The molecule has 34 heavy (non-hydrogen) atoms. The second-order valence-electron chi connectivity index (χ2n) is 7.52. The molecule has 1 N–H and O–H groups in total. The number of imide groups is 1. The molecule has 0 spiro atoms. The predicted molar refractivity (Wildman–Crippen MR) is 128 cm³/mol. The number of thiophene rings is 1. The summed E-state index contributed by atoms with van der Waals surface area (Å²) in [7, 11) is 3.10. The average molecular weight is 523 g/mol. The molecule has 2 aromatic carbocycles. The van der Waals surface area contributed by atoms with Crippen molar-refractivity contribution in [3.8, 4) is 5.75 Å². The van der Waals surface area contributed by atoms with Gasteiger partial charge in [0, 0.05) is 25.2 Å². The SMILES string of the molecule is COc1cc(F)c(N2C(=O)Cc3csc(C(=O)O)c3C2=O)cc1CN(C)c1c(Cl)cccc1Cl. The van der Waals surface area contributed by atoms with Crippen LogP contribution in [0.3, 0.4) is 0 Å². The fourth-order valence-corrected chi connectivity index (χ4v) is 5.47. The van der Waals surface area contributed by atoms with E-state index in [0.29, 0.717) is 31.8 Å². The van der Waals surface area contributed by atoms with Crippen LogP contribution in [0, 0.1) is 5.82 Å². The second-order valence-corrected chi connectivity index (χ2v) is 9.22. The fourth-order valence-electron chi connectivity index (χ4n) is 3.89. The minimum absolute atomic E-state index is 0.103. The van der Waals surface area contributed by atoms with Gasteiger partial charge in [0.05, 0.1) is 40.5 Å². The van der Waals surface area contributed by atoms with Crippen LogP contribution in [0.4, 0.5) is 15.8 Å². The molecule has 1 aliphatic heterocycles. The number of carboxylic acids is 1. The maximum Gasteiger partial charge on any atom is 0.346 e. The zero-order valence-electron chi connectivity index (χ0n) is 17.9. The van der Waals surface area contributed by atoms with Gasteiger partial charge in [0.15, 0.2) is 5.82 Å². The van der Waals surface area contributed by atoms with E-state index in [1.165, 1.54) is 18.6 Å². The van der Waals surface area contributed by atoms with Gasteiger partial charge in [0.2, 0.25) is 5.91 Å². The molecule has 1 aliphatic rings. The first-order valence-corrected chi connectivity index (χ1v) is 11.5. The van der Waals surface area contributed by atoms with Crippen LogP contribution in [0.25, 0.3) is 0 Å². The number of anilines is 2. The molecule has 1 aromatic heterocycles. The lowest BCUT2D eigenvalue weighted by Gasteiger charge is -2.28. The number of halogens is 3. The smallest absolute Gasteiger partial charge is 0.346 e. The van der Waals surface area contributed by atoms with Crippen molar-refractivity contribution in [3.05, 3.63) is 73.1 Å². The Bertz CT molecular complexity index is 1320. The summed E-state index contributed by atoms with van der Waals surface area (Å²) in [6, 6.07) is 7.47. The van der Waals surface area contributed by atoms with Gasteiger partial charge in [0.1, 0.15) is 10.6 Å². The highest BCUT2D eigenvalue weighted by Crippen LogP contribution is 2.38. The number of benzene rings is 2. The number of rotatable bonds is 6. The molecule has 176 valence electrons. The van der Waals surface area contributed by atoms with Crippen LogP contribution in [0.15, 0.2) is 35.7 Å². The predicted octanol–water partition coefficient (Wildman–Crippen LogP) is 5.27. The van der Waals surface area contributed by atoms with Crippen molar-refractivity contribution in [1.82, 2.24) is 0 Å². The average Bonchev–Trinajstić information content (AvgIpc) is 3.19. The van der Waals surface area contributed by atoms with E-state index < -0.39 is 23.6 Å². The summed E-state index contributed by atoms with van der Waals surface area (Å²) in [4.78, 5) is 39.8. The lowest BCUT2D eigenvalue weighted by molar-refractivity contribution is -0.117. The van der Waals surface area contributed by atoms with E-state index in [2.05, 4.69) is 0 Å². The Morgan fingerprint density at radius 2 is 1.94 bits per heavy atom. The van der Waals surface area contributed by atoms with Gasteiger partial charge in [-0.15, -0.1) is 11.3 Å². The summed E-state index contributed by atoms with van der Waals surface area (Å²) in [5.41, 5.74) is 0.910. The number of carboxylic acid groups (broad SMARTS) is 1. The minimum atomic E-state index is -1.29. The standard InChI is InChI=1S/C23H17Cl2FN2O5S/c1-27(20-13(24)4-3-5-14(20)25)9-11-6-16(15(26)8-17(11)33-2)28-18(29)7-12-10-34-21(23(31)32)19(12)22(28)30/h3-6,8,10H,7,9H2,1-2H3,(H,31,32). The molecule has 0 radical (unpaired) electrons. The van der Waals surface area contributed by atoms with E-state index in [-0.39, 0.29) is 34.8 Å². The van der Waals surface area contributed by atoms with Crippen molar-refractivity contribution in [2.45, 2.75) is 13.0 Å². The zero-order valence-corrected chi connectivity index (χ0v) is 20.2. The van der Waals surface area contributed by atoms with Crippen molar-refractivity contribution < 1.29 is 28.6 Å². The quantitative estimate of drug-likeness (QED) is 0.444. The van der Waals surface area contributed by atoms with Crippen LogP contribution < -0.4 is 14.5 Å². The Morgan fingerprint density at radius 3 is 2.56 bits per heavy atom. The van der Waals surface area contributed by atoms with Crippen LogP contribution in [-0.2, 0) is 17.8 Å². The maximum absolute atomic E-state index is 15.1. The number of hydrogen-bond donors (Lipinski definition) is 1. The van der Waals surface area contributed by atoms with Gasteiger partial charge in [-0.05, 0) is 29.1 Å². The van der Waals surface area contributed by atoms with Gasteiger partial charge >= 0.3 is 5.97 Å². The third-order valence-electron chi connectivity index (χ3n) is 5.39. The van der Waals surface area contributed by atoms with Gasteiger partial charge in [-0.1, -0.05) is 29.3 Å². The molecule has 0 saturated heterocycles. The van der Waals surface area contributed by atoms with Gasteiger partial charge in [-0.25, -0.2) is 14.1 Å². The highest BCUT2D eigenvalue weighted by atomic mass is 35.5. The highest BCUT2D eigenvalue weighted by molar-refractivity contribution is 7.12. The van der Waals surface area contributed by atoms with Gasteiger partial charge < -0.3 is 14.7 Å². The van der Waals surface area contributed by atoms with Crippen molar-refractivity contribution in [3.63, 3.8) is 0 Å². The normalized spacial score (nSPS) is 13.1. The monoisotopic (exact) mass is 522 g/mol. The summed E-state index contributed by atoms with van der Waals surface area (Å²) in [5.74, 6) is -3.51. The molecule has 0 bridgehead atoms. The molecule has 0 unspecified atom stereocenters. The van der Waals surface area contributed by atoms with Gasteiger partial charge in [-0.2, -0.15) is 0 Å². The van der Waals surface area contributed by atoms with Crippen LogP contribution in [0.1, 0.15) is 31.2 Å². The second kappa shape index (κ2) is 9.25. The number of carbonyl (C=O) groups excluding carboxylic acids is 2. The zero-order chi connectivity index (χ0) is 24.7. The van der Waals surface area contributed by atoms with Crippen LogP contribution in [0.2, 0.25) is 10.0 Å². The summed E-state index contributed by atoms with van der Waals surface area (Å²) in [6.45, 7) is 0.153. The van der Waals surface area contributed by atoms with Crippen molar-refractivity contribution in [1.29, 1.82) is 0 Å². The summed E-state index contributed by atoms with van der Waals surface area (Å²) in [6.07, 6.45) is -0.221. The van der Waals surface area contributed by atoms with Crippen LogP contribution >= 0.6 is 34.5 Å². The van der Waals surface area contributed by atoms with E-state index >= 15 is 4.39 Å². The number of carbonyl (C=O) groups is 3. The Labute approximate surface area is 207 Å². The third-order valence-corrected chi connectivity index (χ3v) is 7.01. The number of fused-ring (bicyclic) bond motifs is 1. The van der Waals surface area contributed by atoms with Crippen molar-refractivity contribution in [2.75, 3.05) is 24.0 Å². The van der Waals surface area contributed by atoms with Crippen LogP contribution in [0.5, 0.6) is 5.75 Å². The van der Waals surface area contributed by atoms with Gasteiger partial charge in [0.25, 0.3) is 5.91 Å². The molecule has 2 amide bonds. The summed E-state index contributed by atoms with van der Waals surface area (Å²) < 4.78 is 20.4. The largest absolute Gasteiger partial charge is 0.496 e. The molecular weight excluding hydrogens is 506 g/mol. The number of ether oxygens (including phenoxy) is 1. The van der Waals surface area contributed by atoms with Crippen LogP contribution in [-0.4, -0.2) is 37.0 Å². The molecule has 3 aromatic rings. The van der Waals surface area contributed by atoms with E-state index in [9.17, 15) is 19.5 Å². The maximum atomic E-state index is 15.1. The first kappa shape index (κ1) is 24.0. The highest BCUT2D eigenvalue weighted by Gasteiger charge is 2.38. The molecule has 0 atom stereocenters. The summed E-state index contributed by atoms with van der Waals surface area (Å²) >= 11 is 13.4. The summed E-state index contributed by atoms with van der Waals surface area (Å²) in [5, 5.41) is 11.7. The third kappa shape index (κ3) is 4.11. The first-order valence-electron chi connectivity index (χ1n) is 9.86. The Morgan fingerprint density at radius 1 is 1.26 bits per heavy atom. The number of methoxy groups -OCH3 is 1. The molecule has 7 nitrogen and oxygen atoms in total. The number of para-hydroxylation sites is 1. The first-order chi connectivity index (χ1) is 16.1. The molecule has 0 saturated carbocycles. The molecule has 11 heteroatoms. The van der Waals surface area contributed by atoms with E-state index in [0.717, 1.165) is 17.4 Å². The lowest BCUT2D eigenvalue weighted by Crippen LogP contribution is -2.43. The molecule has 2 heterocycles. The van der Waals surface area contributed by atoms with E-state index in [4.69, 9.17) is 27.9 Å². The number of hydrogen-bond acceptors (Lipinski definition) is 6. The molecule has 4 rings (SSSR count). The lowest BCUT2D eigenvalue weighted by atomic mass is 9.99. The van der Waals surface area contributed by atoms with Gasteiger partial charge in [-0.3, -0.25) is 9.59 Å². The van der Waals surface area contributed by atoms with Crippen molar-refractivity contribution >= 4 is 63.7 Å². The Balaban J connectivity index is 1.77. The fraction of sp³-hybridized carbons (Fsp3) is 0.174. The molecular formula is C23H17Cl2FN2O5S. The Hall–Kier alpha value is -3.14. The van der Waals surface area contributed by atoms with Crippen molar-refractivity contribution in [2.24, 2.45) is 0 Å². The number of aromatic carboxylic acids is 1. The topological polar surface area (TPSA) is 87.1 Å². The Kier molecular flexibility index (Phi) is 6.53. The molecule has 0 fully saturated rings. The van der Waals surface area contributed by atoms with E-state index in [1.54, 1.807) is 30.1 Å². The number of nitrogens with zero attached hydrogens (tertiary/aromatic N) is 2.